The molecular formula is C12H16Br2N4S. The highest BCUT2D eigenvalue weighted by Gasteiger charge is 2.24. The van der Waals surface area contributed by atoms with Crippen LogP contribution in [0, 0.1) is 6.92 Å². The van der Waals surface area contributed by atoms with E-state index in [2.05, 4.69) is 69.2 Å². The SMILES string of the molecule is Cc1cc(C(NN)c2c(Br)cnn2C(C)C)sc1Br. The third-order valence-corrected chi connectivity index (χ3v) is 5.69. The molecule has 3 N–H and O–H groups in total. The molecule has 2 rings (SSSR count). The molecular weight excluding hydrogens is 392 g/mol. The van der Waals surface area contributed by atoms with Crippen LogP contribution in [0.15, 0.2) is 20.5 Å². The summed E-state index contributed by atoms with van der Waals surface area (Å²) < 4.78 is 4.08. The number of aromatic nitrogens is 2. The van der Waals surface area contributed by atoms with Crippen molar-refractivity contribution < 1.29 is 0 Å². The number of nitrogens with one attached hydrogen (secondary N) is 1. The van der Waals surface area contributed by atoms with Gasteiger partial charge in [-0.1, -0.05) is 0 Å². The lowest BCUT2D eigenvalue weighted by Gasteiger charge is -2.19. The lowest BCUT2D eigenvalue weighted by atomic mass is 10.1. The van der Waals surface area contributed by atoms with Gasteiger partial charge in [0.2, 0.25) is 0 Å². The molecule has 0 aliphatic carbocycles. The van der Waals surface area contributed by atoms with Crippen LogP contribution in [0.4, 0.5) is 0 Å². The van der Waals surface area contributed by atoms with Gasteiger partial charge in [0.05, 0.1) is 26.2 Å². The highest BCUT2D eigenvalue weighted by atomic mass is 79.9. The quantitative estimate of drug-likeness (QED) is 0.596. The first-order valence-electron chi connectivity index (χ1n) is 5.90. The minimum atomic E-state index is -0.0747. The maximum absolute atomic E-state index is 5.77. The lowest BCUT2D eigenvalue weighted by Crippen LogP contribution is -2.30. The second-order valence-electron chi connectivity index (χ2n) is 4.62. The number of hydrogen-bond donors (Lipinski definition) is 2. The second kappa shape index (κ2) is 6.05. The van der Waals surface area contributed by atoms with Crippen LogP contribution in [0.1, 0.15) is 42.1 Å². The number of nitrogens with zero attached hydrogens (tertiary/aromatic N) is 2. The largest absolute Gasteiger partial charge is 0.270 e. The highest BCUT2D eigenvalue weighted by Crippen LogP contribution is 2.36. The molecule has 19 heavy (non-hydrogen) atoms. The monoisotopic (exact) mass is 406 g/mol. The Morgan fingerprint density at radius 2 is 2.11 bits per heavy atom. The predicted octanol–water partition coefficient (Wildman–Crippen LogP) is 3.91. The molecule has 0 radical (unpaired) electrons. The summed E-state index contributed by atoms with van der Waals surface area (Å²) in [5, 5.41) is 4.41. The third kappa shape index (κ3) is 2.95. The molecule has 4 nitrogen and oxygen atoms in total. The summed E-state index contributed by atoms with van der Waals surface area (Å²) in [5.41, 5.74) is 5.16. The molecule has 0 saturated carbocycles. The Morgan fingerprint density at radius 1 is 1.42 bits per heavy atom. The van der Waals surface area contributed by atoms with E-state index in [0.29, 0.717) is 0 Å². The van der Waals surface area contributed by atoms with Crippen molar-refractivity contribution in [2.75, 3.05) is 0 Å². The summed E-state index contributed by atoms with van der Waals surface area (Å²) in [7, 11) is 0. The molecule has 0 aromatic carbocycles. The van der Waals surface area contributed by atoms with Gasteiger partial charge >= 0.3 is 0 Å². The van der Waals surface area contributed by atoms with Gasteiger partial charge < -0.3 is 0 Å². The van der Waals surface area contributed by atoms with Crippen molar-refractivity contribution in [3.8, 4) is 0 Å². The molecule has 104 valence electrons. The van der Waals surface area contributed by atoms with Crippen LogP contribution >= 0.6 is 43.2 Å². The van der Waals surface area contributed by atoms with Crippen molar-refractivity contribution in [2.45, 2.75) is 32.9 Å². The van der Waals surface area contributed by atoms with Crippen molar-refractivity contribution in [1.82, 2.24) is 15.2 Å². The fraction of sp³-hybridized carbons (Fsp3) is 0.417. The zero-order chi connectivity index (χ0) is 14.2. The van der Waals surface area contributed by atoms with E-state index in [0.717, 1.165) is 18.8 Å². The molecule has 0 saturated heterocycles. The molecule has 0 aliphatic rings. The molecule has 1 unspecified atom stereocenters. The summed E-state index contributed by atoms with van der Waals surface area (Å²) in [6.45, 7) is 6.28. The summed E-state index contributed by atoms with van der Waals surface area (Å²) in [6.07, 6.45) is 1.81. The van der Waals surface area contributed by atoms with Crippen LogP contribution in [0.2, 0.25) is 0 Å². The number of rotatable bonds is 4. The minimum Gasteiger partial charge on any atom is -0.270 e. The molecule has 2 aromatic heterocycles. The molecule has 2 heterocycles. The summed E-state index contributed by atoms with van der Waals surface area (Å²) in [5.74, 6) is 5.77. The molecule has 2 aromatic rings. The van der Waals surface area contributed by atoms with E-state index in [1.807, 2.05) is 10.9 Å². The fourth-order valence-corrected chi connectivity index (χ4v) is 4.09. The first-order valence-corrected chi connectivity index (χ1v) is 8.30. The summed E-state index contributed by atoms with van der Waals surface area (Å²) in [6, 6.07) is 2.35. The molecule has 7 heteroatoms. The molecule has 0 spiro atoms. The Hall–Kier alpha value is -0.210. The van der Waals surface area contributed by atoms with E-state index in [1.54, 1.807) is 11.3 Å². The van der Waals surface area contributed by atoms with Crippen molar-refractivity contribution in [1.29, 1.82) is 0 Å². The second-order valence-corrected chi connectivity index (χ2v) is 7.88. The van der Waals surface area contributed by atoms with Gasteiger partial charge in [-0.05, 0) is 64.3 Å². The Morgan fingerprint density at radius 3 is 2.58 bits per heavy atom. The van der Waals surface area contributed by atoms with Gasteiger partial charge in [-0.3, -0.25) is 10.5 Å². The van der Waals surface area contributed by atoms with Gasteiger partial charge in [-0.25, -0.2) is 5.43 Å². The third-order valence-electron chi connectivity index (χ3n) is 2.88. The minimum absolute atomic E-state index is 0.0747. The lowest BCUT2D eigenvalue weighted by molar-refractivity contribution is 0.477. The number of nitrogens with two attached hydrogens (primary N) is 1. The molecule has 0 amide bonds. The van der Waals surface area contributed by atoms with E-state index in [-0.39, 0.29) is 12.1 Å². The van der Waals surface area contributed by atoms with E-state index in [1.165, 1.54) is 5.56 Å². The topological polar surface area (TPSA) is 55.9 Å². The zero-order valence-corrected chi connectivity index (χ0v) is 14.9. The maximum Gasteiger partial charge on any atom is 0.0982 e. The van der Waals surface area contributed by atoms with Crippen molar-refractivity contribution in [3.63, 3.8) is 0 Å². The summed E-state index contributed by atoms with van der Waals surface area (Å²) in [4.78, 5) is 1.16. The molecule has 0 fully saturated rings. The van der Waals surface area contributed by atoms with Crippen molar-refractivity contribution >= 4 is 43.2 Å². The fourth-order valence-electron chi connectivity index (χ4n) is 1.95. The zero-order valence-electron chi connectivity index (χ0n) is 10.9. The molecule has 0 bridgehead atoms. The smallest absolute Gasteiger partial charge is 0.0982 e. The Balaban J connectivity index is 2.50. The van der Waals surface area contributed by atoms with Gasteiger partial charge in [0, 0.05) is 10.9 Å². The number of thiophene rings is 1. The van der Waals surface area contributed by atoms with Crippen LogP contribution in [0.25, 0.3) is 0 Å². The van der Waals surface area contributed by atoms with E-state index in [4.69, 9.17) is 5.84 Å². The van der Waals surface area contributed by atoms with E-state index >= 15 is 0 Å². The first-order chi connectivity index (χ1) is 8.95. The van der Waals surface area contributed by atoms with Gasteiger partial charge in [-0.15, -0.1) is 11.3 Å². The Bertz CT molecular complexity index is 557. The van der Waals surface area contributed by atoms with Crippen LogP contribution in [0.3, 0.4) is 0 Å². The van der Waals surface area contributed by atoms with Gasteiger partial charge in [0.15, 0.2) is 0 Å². The molecule has 0 aliphatic heterocycles. The van der Waals surface area contributed by atoms with Crippen molar-refractivity contribution in [3.05, 3.63) is 36.7 Å². The normalized spacial score (nSPS) is 13.2. The average molecular weight is 408 g/mol. The number of hydrogen-bond acceptors (Lipinski definition) is 4. The number of halogens is 2. The average Bonchev–Trinajstić information content (AvgIpc) is 2.86. The first kappa shape index (κ1) is 15.2. The van der Waals surface area contributed by atoms with E-state index in [9.17, 15) is 0 Å². The standard InChI is InChI=1S/C12H16Br2N4S/c1-6(2)18-11(8(13)5-16-18)10(17-15)9-4-7(3)12(14)19-9/h4-6,10,17H,15H2,1-3H3. The van der Waals surface area contributed by atoms with Crippen LogP contribution < -0.4 is 11.3 Å². The Labute approximate surface area is 133 Å². The molecule has 1 atom stereocenters. The van der Waals surface area contributed by atoms with Gasteiger partial charge in [0.25, 0.3) is 0 Å². The number of hydrazine groups is 1. The van der Waals surface area contributed by atoms with Crippen LogP contribution in [-0.4, -0.2) is 9.78 Å². The summed E-state index contributed by atoms with van der Waals surface area (Å²) >= 11 is 8.81. The maximum atomic E-state index is 5.77. The predicted molar refractivity (Wildman–Crippen MR) is 86.2 cm³/mol. The van der Waals surface area contributed by atoms with Crippen molar-refractivity contribution in [2.24, 2.45) is 5.84 Å². The van der Waals surface area contributed by atoms with Crippen LogP contribution in [0.5, 0.6) is 0 Å². The highest BCUT2D eigenvalue weighted by molar-refractivity contribution is 9.11. The number of aryl methyl sites for hydroxylation is 1. The van der Waals surface area contributed by atoms with Gasteiger partial charge in [-0.2, -0.15) is 5.10 Å². The van der Waals surface area contributed by atoms with Gasteiger partial charge in [0.1, 0.15) is 0 Å². The van der Waals surface area contributed by atoms with Crippen LogP contribution in [-0.2, 0) is 0 Å². The Kier molecular flexibility index (Phi) is 4.84. The van der Waals surface area contributed by atoms with E-state index < -0.39 is 0 Å².